The van der Waals surface area contributed by atoms with Crippen molar-refractivity contribution >= 4 is 24.0 Å². The number of halogens is 1. The van der Waals surface area contributed by atoms with E-state index in [1.807, 2.05) is 0 Å². The van der Waals surface area contributed by atoms with Gasteiger partial charge >= 0.3 is 0 Å². The SMILES string of the molecule is CCc1ccc(C2CNCCN2CC(=O)Nc2c(C)cccc2CC)cc1.Cl. The molecule has 1 heterocycles. The van der Waals surface area contributed by atoms with Crippen molar-refractivity contribution in [1.29, 1.82) is 0 Å². The van der Waals surface area contributed by atoms with Crippen molar-refractivity contribution in [2.24, 2.45) is 0 Å². The van der Waals surface area contributed by atoms with Gasteiger partial charge in [-0.25, -0.2) is 0 Å². The van der Waals surface area contributed by atoms with Crippen LogP contribution in [-0.2, 0) is 17.6 Å². The number of hydrogen-bond acceptors (Lipinski definition) is 3. The molecule has 4 nitrogen and oxygen atoms in total. The number of nitrogens with one attached hydrogen (secondary N) is 2. The summed E-state index contributed by atoms with van der Waals surface area (Å²) in [5.41, 5.74) is 5.91. The van der Waals surface area contributed by atoms with E-state index in [9.17, 15) is 4.79 Å². The number of carbonyl (C=O) groups is 1. The summed E-state index contributed by atoms with van der Waals surface area (Å²) in [4.78, 5) is 15.1. The average molecular weight is 402 g/mol. The minimum absolute atomic E-state index is 0. The summed E-state index contributed by atoms with van der Waals surface area (Å²) in [6.45, 7) is 9.43. The largest absolute Gasteiger partial charge is 0.324 e. The molecular formula is C23H32ClN3O. The maximum atomic E-state index is 12.8. The number of hydrogen-bond donors (Lipinski definition) is 2. The van der Waals surface area contributed by atoms with E-state index >= 15 is 0 Å². The maximum Gasteiger partial charge on any atom is 0.238 e. The number of nitrogens with zero attached hydrogens (tertiary/aromatic N) is 1. The van der Waals surface area contributed by atoms with Crippen LogP contribution in [-0.4, -0.2) is 37.0 Å². The summed E-state index contributed by atoms with van der Waals surface area (Å²) in [5.74, 6) is 0.0658. The van der Waals surface area contributed by atoms with Gasteiger partial charge in [-0.3, -0.25) is 9.69 Å². The van der Waals surface area contributed by atoms with E-state index in [4.69, 9.17) is 0 Å². The first-order valence-electron chi connectivity index (χ1n) is 10.0. The highest BCUT2D eigenvalue weighted by Crippen LogP contribution is 2.24. The molecule has 2 aromatic carbocycles. The standard InChI is InChI=1S/C23H31N3O.ClH/c1-4-18-9-11-20(12-10-18)21-15-24-13-14-26(21)16-22(27)25-23-17(3)7-6-8-19(23)5-2;/h6-12,21,24H,4-5,13-16H2,1-3H3,(H,25,27);1H. The molecule has 0 aromatic heterocycles. The number of para-hydroxylation sites is 1. The van der Waals surface area contributed by atoms with Crippen LogP contribution in [0.15, 0.2) is 42.5 Å². The Morgan fingerprint density at radius 3 is 2.57 bits per heavy atom. The zero-order chi connectivity index (χ0) is 19.2. The fraction of sp³-hybridized carbons (Fsp3) is 0.435. The van der Waals surface area contributed by atoms with Gasteiger partial charge < -0.3 is 10.6 Å². The second-order valence-electron chi connectivity index (χ2n) is 7.30. The number of piperazine rings is 1. The Balaban J connectivity index is 0.00000280. The molecule has 0 saturated carbocycles. The quantitative estimate of drug-likeness (QED) is 0.765. The van der Waals surface area contributed by atoms with E-state index in [-0.39, 0.29) is 24.4 Å². The monoisotopic (exact) mass is 401 g/mol. The van der Waals surface area contributed by atoms with Gasteiger partial charge in [-0.05, 0) is 42.0 Å². The second-order valence-corrected chi connectivity index (χ2v) is 7.30. The van der Waals surface area contributed by atoms with Crippen LogP contribution in [0.4, 0.5) is 5.69 Å². The lowest BCUT2D eigenvalue weighted by Crippen LogP contribution is -2.48. The van der Waals surface area contributed by atoms with Crippen LogP contribution < -0.4 is 10.6 Å². The molecule has 1 atom stereocenters. The van der Waals surface area contributed by atoms with Crippen LogP contribution in [0, 0.1) is 6.92 Å². The van der Waals surface area contributed by atoms with Gasteiger partial charge in [0, 0.05) is 31.4 Å². The predicted molar refractivity (Wildman–Crippen MR) is 119 cm³/mol. The third-order valence-corrected chi connectivity index (χ3v) is 5.48. The van der Waals surface area contributed by atoms with Crippen LogP contribution in [0.3, 0.4) is 0 Å². The summed E-state index contributed by atoms with van der Waals surface area (Å²) in [5, 5.41) is 6.64. The lowest BCUT2D eigenvalue weighted by Gasteiger charge is -2.36. The normalized spacial score (nSPS) is 17.0. The van der Waals surface area contributed by atoms with Crippen LogP contribution >= 0.6 is 12.4 Å². The van der Waals surface area contributed by atoms with Crippen LogP contribution in [0.5, 0.6) is 0 Å². The molecule has 0 bridgehead atoms. The molecular weight excluding hydrogens is 370 g/mol. The van der Waals surface area contributed by atoms with Gasteiger partial charge in [-0.1, -0.05) is 56.3 Å². The van der Waals surface area contributed by atoms with E-state index in [1.54, 1.807) is 0 Å². The number of carbonyl (C=O) groups excluding carboxylic acids is 1. The van der Waals surface area contributed by atoms with Crippen molar-refractivity contribution in [2.45, 2.75) is 39.7 Å². The third kappa shape index (κ3) is 5.34. The van der Waals surface area contributed by atoms with Gasteiger partial charge in [0.25, 0.3) is 0 Å². The molecule has 0 aliphatic carbocycles. The molecule has 1 amide bonds. The van der Waals surface area contributed by atoms with Crippen molar-refractivity contribution < 1.29 is 4.79 Å². The Bertz CT molecular complexity index is 776. The molecule has 0 spiro atoms. The highest BCUT2D eigenvalue weighted by Gasteiger charge is 2.25. The van der Waals surface area contributed by atoms with Gasteiger partial charge in [0.05, 0.1) is 6.54 Å². The van der Waals surface area contributed by atoms with Crippen LogP contribution in [0.2, 0.25) is 0 Å². The molecule has 3 rings (SSSR count). The van der Waals surface area contributed by atoms with Gasteiger partial charge in [0.15, 0.2) is 0 Å². The van der Waals surface area contributed by atoms with Gasteiger partial charge in [0.1, 0.15) is 0 Å². The Labute approximate surface area is 175 Å². The van der Waals surface area contributed by atoms with E-state index in [2.05, 4.69) is 78.8 Å². The zero-order valence-corrected chi connectivity index (χ0v) is 17.9. The van der Waals surface area contributed by atoms with Crippen molar-refractivity contribution in [3.05, 3.63) is 64.7 Å². The fourth-order valence-electron chi connectivity index (χ4n) is 3.81. The molecule has 152 valence electrons. The molecule has 1 fully saturated rings. The molecule has 1 aliphatic rings. The minimum atomic E-state index is 0. The lowest BCUT2D eigenvalue weighted by atomic mass is 10.0. The average Bonchev–Trinajstić information content (AvgIpc) is 2.70. The zero-order valence-electron chi connectivity index (χ0n) is 17.1. The predicted octanol–water partition coefficient (Wildman–Crippen LogP) is 4.13. The minimum Gasteiger partial charge on any atom is -0.324 e. The van der Waals surface area contributed by atoms with Crippen molar-refractivity contribution in [1.82, 2.24) is 10.2 Å². The first-order valence-corrected chi connectivity index (χ1v) is 10.0. The van der Waals surface area contributed by atoms with Crippen molar-refractivity contribution in [2.75, 3.05) is 31.5 Å². The van der Waals surface area contributed by atoms with Gasteiger partial charge in [-0.2, -0.15) is 0 Å². The number of anilines is 1. The summed E-state index contributed by atoms with van der Waals surface area (Å²) < 4.78 is 0. The highest BCUT2D eigenvalue weighted by atomic mass is 35.5. The molecule has 0 radical (unpaired) electrons. The number of aryl methyl sites for hydroxylation is 3. The summed E-state index contributed by atoms with van der Waals surface area (Å²) >= 11 is 0. The molecule has 1 saturated heterocycles. The van der Waals surface area contributed by atoms with E-state index in [1.165, 1.54) is 16.7 Å². The van der Waals surface area contributed by atoms with Crippen molar-refractivity contribution in [3.63, 3.8) is 0 Å². The summed E-state index contributed by atoms with van der Waals surface area (Å²) in [6, 6.07) is 15.2. The lowest BCUT2D eigenvalue weighted by molar-refractivity contribution is -0.118. The Hall–Kier alpha value is -1.88. The fourth-order valence-corrected chi connectivity index (χ4v) is 3.81. The summed E-state index contributed by atoms with van der Waals surface area (Å²) in [6.07, 6.45) is 1.96. The van der Waals surface area contributed by atoms with E-state index in [0.717, 1.165) is 43.7 Å². The first kappa shape index (κ1) is 22.4. The Morgan fingerprint density at radius 1 is 1.14 bits per heavy atom. The van der Waals surface area contributed by atoms with Crippen LogP contribution in [0.1, 0.15) is 42.1 Å². The number of amides is 1. The van der Waals surface area contributed by atoms with E-state index < -0.39 is 0 Å². The molecule has 2 N–H and O–H groups in total. The highest BCUT2D eigenvalue weighted by molar-refractivity contribution is 5.93. The summed E-state index contributed by atoms with van der Waals surface area (Å²) in [7, 11) is 0. The third-order valence-electron chi connectivity index (χ3n) is 5.48. The number of benzene rings is 2. The topological polar surface area (TPSA) is 44.4 Å². The maximum absolute atomic E-state index is 12.8. The first-order chi connectivity index (χ1) is 13.1. The number of rotatable bonds is 6. The van der Waals surface area contributed by atoms with E-state index in [0.29, 0.717) is 6.54 Å². The molecule has 2 aromatic rings. The van der Waals surface area contributed by atoms with Crippen molar-refractivity contribution in [3.8, 4) is 0 Å². The van der Waals surface area contributed by atoms with Gasteiger partial charge in [-0.15, -0.1) is 12.4 Å². The smallest absolute Gasteiger partial charge is 0.238 e. The second kappa shape index (κ2) is 10.6. The molecule has 28 heavy (non-hydrogen) atoms. The Kier molecular flexibility index (Phi) is 8.49. The van der Waals surface area contributed by atoms with Crippen LogP contribution in [0.25, 0.3) is 0 Å². The molecule has 1 aliphatic heterocycles. The Morgan fingerprint density at radius 2 is 1.89 bits per heavy atom. The van der Waals surface area contributed by atoms with Gasteiger partial charge in [0.2, 0.25) is 5.91 Å². The molecule has 5 heteroatoms. The molecule has 1 unspecified atom stereocenters.